The van der Waals surface area contributed by atoms with Gasteiger partial charge < -0.3 is 28.4 Å². The molecule has 0 spiro atoms. The quantitative estimate of drug-likeness (QED) is 0.462. The first-order valence-corrected chi connectivity index (χ1v) is 9.63. The Morgan fingerprint density at radius 1 is 1.24 bits per heavy atom. The molecule has 2 saturated heterocycles. The fourth-order valence-electron chi connectivity index (χ4n) is 3.54. The lowest BCUT2D eigenvalue weighted by Crippen LogP contribution is -2.54. The van der Waals surface area contributed by atoms with E-state index in [0.29, 0.717) is 0 Å². The lowest BCUT2D eigenvalue weighted by atomic mass is 9.99. The third kappa shape index (κ3) is 5.69. The summed E-state index contributed by atoms with van der Waals surface area (Å²) >= 11 is 0. The molecule has 2 aliphatic rings. The van der Waals surface area contributed by atoms with E-state index in [4.69, 9.17) is 28.4 Å². The van der Waals surface area contributed by atoms with E-state index in [1.807, 2.05) is 0 Å². The summed E-state index contributed by atoms with van der Waals surface area (Å²) < 4.78 is 33.8. The van der Waals surface area contributed by atoms with Crippen LogP contribution in [0, 0.1) is 0 Å². The van der Waals surface area contributed by atoms with Gasteiger partial charge in [-0.1, -0.05) is 6.08 Å². The standard InChI is InChI=1S/C20H33NO8/c1-9-10-21(18(23)29-19(2,3)4)12(11-13(22)24-7)14-15(25-8)16-17(26-14)28-20(5,6)27-16/h9,12,14-17H,1,10-11H2,2-8H3/t12-,14+,15-,16+,17+/m0/s1. The summed E-state index contributed by atoms with van der Waals surface area (Å²) in [7, 11) is 2.82. The fraction of sp³-hybridized carbons (Fsp3) is 0.800. The highest BCUT2D eigenvalue weighted by atomic mass is 16.8. The first-order valence-electron chi connectivity index (χ1n) is 9.63. The number of amides is 1. The summed E-state index contributed by atoms with van der Waals surface area (Å²) in [6, 6.07) is -0.735. The van der Waals surface area contributed by atoms with E-state index in [9.17, 15) is 9.59 Å². The fourth-order valence-corrected chi connectivity index (χ4v) is 3.54. The van der Waals surface area contributed by atoms with Crippen LogP contribution in [-0.4, -0.2) is 79.8 Å². The van der Waals surface area contributed by atoms with Gasteiger partial charge in [0.05, 0.1) is 19.6 Å². The van der Waals surface area contributed by atoms with Gasteiger partial charge in [-0.3, -0.25) is 9.69 Å². The zero-order valence-corrected chi connectivity index (χ0v) is 18.3. The first-order chi connectivity index (χ1) is 13.4. The molecule has 1 amide bonds. The third-order valence-corrected chi connectivity index (χ3v) is 4.64. The van der Waals surface area contributed by atoms with E-state index in [1.54, 1.807) is 40.7 Å². The van der Waals surface area contributed by atoms with Crippen LogP contribution in [0.2, 0.25) is 0 Å². The molecule has 2 rings (SSSR count). The number of ether oxygens (including phenoxy) is 6. The molecule has 0 aliphatic carbocycles. The van der Waals surface area contributed by atoms with E-state index in [1.165, 1.54) is 19.1 Å². The Balaban J connectivity index is 2.34. The zero-order chi connectivity index (χ0) is 22.0. The van der Waals surface area contributed by atoms with E-state index in [-0.39, 0.29) is 13.0 Å². The van der Waals surface area contributed by atoms with Crippen molar-refractivity contribution in [2.24, 2.45) is 0 Å². The highest BCUT2D eigenvalue weighted by Crippen LogP contribution is 2.40. The number of hydrogen-bond acceptors (Lipinski definition) is 8. The highest BCUT2D eigenvalue weighted by Gasteiger charge is 2.58. The van der Waals surface area contributed by atoms with Crippen LogP contribution in [-0.2, 0) is 33.2 Å². The number of esters is 1. The maximum atomic E-state index is 12.9. The Bertz CT molecular complexity index is 614. The average Bonchev–Trinajstić information content (AvgIpc) is 3.07. The van der Waals surface area contributed by atoms with Crippen LogP contribution >= 0.6 is 0 Å². The van der Waals surface area contributed by atoms with Crippen molar-refractivity contribution in [3.05, 3.63) is 12.7 Å². The van der Waals surface area contributed by atoms with Gasteiger partial charge >= 0.3 is 12.1 Å². The predicted molar refractivity (Wildman–Crippen MR) is 103 cm³/mol. The molecule has 5 atom stereocenters. The number of carbonyl (C=O) groups excluding carboxylic acids is 2. The van der Waals surface area contributed by atoms with Gasteiger partial charge in [-0.2, -0.15) is 0 Å². The minimum absolute atomic E-state index is 0.114. The molecular formula is C20H33NO8. The van der Waals surface area contributed by atoms with Gasteiger partial charge in [0.25, 0.3) is 0 Å². The second-order valence-corrected chi connectivity index (χ2v) is 8.54. The largest absolute Gasteiger partial charge is 0.469 e. The van der Waals surface area contributed by atoms with Gasteiger partial charge in [-0.25, -0.2) is 4.79 Å². The van der Waals surface area contributed by atoms with Crippen LogP contribution in [0.25, 0.3) is 0 Å². The number of methoxy groups -OCH3 is 2. The lowest BCUT2D eigenvalue weighted by molar-refractivity contribution is -0.223. The van der Waals surface area contributed by atoms with Crippen molar-refractivity contribution >= 4 is 12.1 Å². The van der Waals surface area contributed by atoms with Crippen LogP contribution in [0.1, 0.15) is 41.0 Å². The highest BCUT2D eigenvalue weighted by molar-refractivity contribution is 5.73. The molecular weight excluding hydrogens is 382 g/mol. The summed E-state index contributed by atoms with van der Waals surface area (Å²) in [5, 5.41) is 0. The Labute approximate surface area is 172 Å². The van der Waals surface area contributed by atoms with Crippen molar-refractivity contribution in [2.75, 3.05) is 20.8 Å². The number of fused-ring (bicyclic) bond motifs is 1. The molecule has 0 radical (unpaired) electrons. The molecule has 0 aromatic heterocycles. The van der Waals surface area contributed by atoms with Crippen LogP contribution in [0.5, 0.6) is 0 Å². The van der Waals surface area contributed by atoms with Crippen molar-refractivity contribution in [1.82, 2.24) is 4.90 Å². The van der Waals surface area contributed by atoms with Crippen LogP contribution in [0.3, 0.4) is 0 Å². The van der Waals surface area contributed by atoms with Crippen molar-refractivity contribution < 1.29 is 38.0 Å². The van der Waals surface area contributed by atoms with Gasteiger partial charge in [0.1, 0.15) is 23.9 Å². The summed E-state index contributed by atoms with van der Waals surface area (Å²) in [5.41, 5.74) is -0.712. The van der Waals surface area contributed by atoms with Crippen LogP contribution in [0.4, 0.5) is 4.79 Å². The predicted octanol–water partition coefficient (Wildman–Crippen LogP) is 2.23. The van der Waals surface area contributed by atoms with Crippen molar-refractivity contribution in [3.63, 3.8) is 0 Å². The third-order valence-electron chi connectivity index (χ3n) is 4.64. The Morgan fingerprint density at radius 2 is 1.90 bits per heavy atom. The minimum Gasteiger partial charge on any atom is -0.469 e. The van der Waals surface area contributed by atoms with E-state index in [0.717, 1.165) is 0 Å². The Morgan fingerprint density at radius 3 is 2.41 bits per heavy atom. The lowest BCUT2D eigenvalue weighted by Gasteiger charge is -2.37. The normalized spacial score (nSPS) is 29.1. The molecule has 0 saturated carbocycles. The van der Waals surface area contributed by atoms with E-state index in [2.05, 4.69) is 6.58 Å². The summed E-state index contributed by atoms with van der Waals surface area (Å²) in [4.78, 5) is 26.5. The second kappa shape index (κ2) is 8.99. The van der Waals surface area contributed by atoms with Crippen molar-refractivity contribution in [1.29, 1.82) is 0 Å². The van der Waals surface area contributed by atoms with E-state index < -0.39 is 54.1 Å². The second-order valence-electron chi connectivity index (χ2n) is 8.54. The molecule has 2 aliphatic heterocycles. The van der Waals surface area contributed by atoms with Gasteiger partial charge in [0, 0.05) is 13.7 Å². The SMILES string of the molecule is C=CCN(C(=O)OC(C)(C)C)[C@@H](CC(=O)OC)[C@H]1O[C@@H]2OC(C)(C)O[C@@H]2[C@H]1OC. The molecule has 9 heteroatoms. The minimum atomic E-state index is -0.819. The number of carbonyl (C=O) groups is 2. The molecule has 29 heavy (non-hydrogen) atoms. The number of rotatable bonds is 7. The molecule has 0 N–H and O–H groups in total. The first kappa shape index (κ1) is 23.6. The maximum absolute atomic E-state index is 12.9. The van der Waals surface area contributed by atoms with Crippen LogP contribution < -0.4 is 0 Å². The summed E-state index contributed by atoms with van der Waals surface area (Å²) in [6.45, 7) is 12.7. The summed E-state index contributed by atoms with van der Waals surface area (Å²) in [6.07, 6.45) is -1.58. The molecule has 0 unspecified atom stereocenters. The van der Waals surface area contributed by atoms with Gasteiger partial charge in [-0.05, 0) is 34.6 Å². The molecule has 0 aromatic carbocycles. The monoisotopic (exact) mass is 415 g/mol. The molecule has 2 heterocycles. The Hall–Kier alpha value is -1.68. The number of hydrogen-bond donors (Lipinski definition) is 0. The molecule has 9 nitrogen and oxygen atoms in total. The zero-order valence-electron chi connectivity index (χ0n) is 18.3. The van der Waals surface area contributed by atoms with E-state index >= 15 is 0 Å². The van der Waals surface area contributed by atoms with Gasteiger partial charge in [-0.15, -0.1) is 6.58 Å². The molecule has 2 fully saturated rings. The van der Waals surface area contributed by atoms with Crippen molar-refractivity contribution in [3.8, 4) is 0 Å². The molecule has 0 bridgehead atoms. The van der Waals surface area contributed by atoms with Crippen LogP contribution in [0.15, 0.2) is 12.7 Å². The topological polar surface area (TPSA) is 92.8 Å². The summed E-state index contributed by atoms with van der Waals surface area (Å²) in [5.74, 6) is -1.31. The van der Waals surface area contributed by atoms with Crippen molar-refractivity contribution in [2.45, 2.75) is 83.1 Å². The Kier molecular flexibility index (Phi) is 7.32. The molecule has 0 aromatic rings. The molecule has 166 valence electrons. The maximum Gasteiger partial charge on any atom is 0.410 e. The number of nitrogens with zero attached hydrogens (tertiary/aromatic N) is 1. The van der Waals surface area contributed by atoms with Gasteiger partial charge in [0.15, 0.2) is 12.1 Å². The van der Waals surface area contributed by atoms with Gasteiger partial charge in [0.2, 0.25) is 0 Å². The smallest absolute Gasteiger partial charge is 0.410 e. The average molecular weight is 415 g/mol.